The normalized spacial score (nSPS) is 10.9. The summed E-state index contributed by atoms with van der Waals surface area (Å²) in [7, 11) is 3.87. The van der Waals surface area contributed by atoms with Crippen LogP contribution in [0.25, 0.3) is 0 Å². The van der Waals surface area contributed by atoms with Crippen molar-refractivity contribution in [2.45, 2.75) is 32.1 Å². The van der Waals surface area contributed by atoms with Crippen molar-refractivity contribution in [3.05, 3.63) is 0 Å². The number of amides is 1. The summed E-state index contributed by atoms with van der Waals surface area (Å²) < 4.78 is 0. The smallest absolute Gasteiger partial charge is 0.223 e. The van der Waals surface area contributed by atoms with Gasteiger partial charge in [0.05, 0.1) is 0 Å². The first kappa shape index (κ1) is 17.4. The summed E-state index contributed by atoms with van der Waals surface area (Å²) in [6, 6.07) is 0. The van der Waals surface area contributed by atoms with Crippen molar-refractivity contribution in [2.75, 3.05) is 46.9 Å². The Bertz CT molecular complexity index is 212. The molecule has 0 saturated heterocycles. The number of rotatable bonds is 11. The summed E-state index contributed by atoms with van der Waals surface area (Å²) in [6.45, 7) is 3.43. The topological polar surface area (TPSA) is 69.8 Å². The number of aliphatic hydroxyl groups is 1. The van der Waals surface area contributed by atoms with Gasteiger partial charge in [0.25, 0.3) is 0 Å². The SMILES string of the molecule is CN(CCCCCO)CCC(=O)N(C)CCCN. The maximum atomic E-state index is 11.8. The van der Waals surface area contributed by atoms with Crippen molar-refractivity contribution in [1.29, 1.82) is 0 Å². The highest BCUT2D eigenvalue weighted by atomic mass is 16.2. The van der Waals surface area contributed by atoms with E-state index in [9.17, 15) is 4.79 Å². The Hall–Kier alpha value is -0.650. The van der Waals surface area contributed by atoms with Crippen LogP contribution in [0.15, 0.2) is 0 Å². The fourth-order valence-corrected chi connectivity index (χ4v) is 1.71. The molecule has 0 aliphatic rings. The third-order valence-corrected chi connectivity index (χ3v) is 3.03. The van der Waals surface area contributed by atoms with Gasteiger partial charge in [0, 0.05) is 33.2 Å². The summed E-state index contributed by atoms with van der Waals surface area (Å²) in [5.41, 5.74) is 5.41. The zero-order valence-electron chi connectivity index (χ0n) is 11.9. The summed E-state index contributed by atoms with van der Waals surface area (Å²) in [5, 5.41) is 8.67. The van der Waals surface area contributed by atoms with Crippen molar-refractivity contribution in [3.63, 3.8) is 0 Å². The summed E-state index contributed by atoms with van der Waals surface area (Å²) in [5.74, 6) is 0.186. The maximum Gasteiger partial charge on any atom is 0.223 e. The van der Waals surface area contributed by atoms with Crippen LogP contribution in [0.2, 0.25) is 0 Å². The van der Waals surface area contributed by atoms with Crippen LogP contribution in [0.5, 0.6) is 0 Å². The minimum absolute atomic E-state index is 0.186. The molecule has 5 nitrogen and oxygen atoms in total. The highest BCUT2D eigenvalue weighted by Crippen LogP contribution is 1.99. The lowest BCUT2D eigenvalue weighted by atomic mass is 10.2. The van der Waals surface area contributed by atoms with Crippen LogP contribution in [0.3, 0.4) is 0 Å². The van der Waals surface area contributed by atoms with Gasteiger partial charge in [-0.3, -0.25) is 4.79 Å². The van der Waals surface area contributed by atoms with E-state index < -0.39 is 0 Å². The molecule has 3 N–H and O–H groups in total. The standard InChI is InChI=1S/C13H29N3O2/c1-15(9-4-3-5-12-17)11-7-13(18)16(2)10-6-8-14/h17H,3-12,14H2,1-2H3. The molecule has 0 fully saturated rings. The zero-order chi connectivity index (χ0) is 13.8. The van der Waals surface area contributed by atoms with Crippen LogP contribution in [0.4, 0.5) is 0 Å². The Kier molecular flexibility index (Phi) is 11.0. The number of carbonyl (C=O) groups is 1. The molecule has 0 aliphatic carbocycles. The van der Waals surface area contributed by atoms with Gasteiger partial charge < -0.3 is 20.6 Å². The van der Waals surface area contributed by atoms with Crippen LogP contribution in [0, 0.1) is 0 Å². The first-order chi connectivity index (χ1) is 8.61. The van der Waals surface area contributed by atoms with E-state index in [1.54, 1.807) is 4.90 Å². The Morgan fingerprint density at radius 1 is 1.06 bits per heavy atom. The van der Waals surface area contributed by atoms with Crippen molar-refractivity contribution in [1.82, 2.24) is 9.80 Å². The van der Waals surface area contributed by atoms with Crippen molar-refractivity contribution in [2.24, 2.45) is 5.73 Å². The van der Waals surface area contributed by atoms with Crippen LogP contribution in [0.1, 0.15) is 32.1 Å². The summed E-state index contributed by atoms with van der Waals surface area (Å²) >= 11 is 0. The molecule has 1 amide bonds. The molecular formula is C13H29N3O2. The number of nitrogens with two attached hydrogens (primary N) is 1. The lowest BCUT2D eigenvalue weighted by Crippen LogP contribution is -2.32. The Labute approximate surface area is 111 Å². The molecule has 0 radical (unpaired) electrons. The van der Waals surface area contributed by atoms with Gasteiger partial charge in [-0.2, -0.15) is 0 Å². The second-order valence-electron chi connectivity index (χ2n) is 4.80. The quantitative estimate of drug-likeness (QED) is 0.523. The summed E-state index contributed by atoms with van der Waals surface area (Å²) in [4.78, 5) is 15.7. The second kappa shape index (κ2) is 11.4. The van der Waals surface area contributed by atoms with Gasteiger partial charge in [0.2, 0.25) is 5.91 Å². The van der Waals surface area contributed by atoms with Gasteiger partial charge in [0.15, 0.2) is 0 Å². The minimum atomic E-state index is 0.186. The van der Waals surface area contributed by atoms with E-state index in [4.69, 9.17) is 10.8 Å². The predicted octanol–water partition coefficient (Wildman–Crippen LogP) is 0.278. The maximum absolute atomic E-state index is 11.8. The average molecular weight is 259 g/mol. The Morgan fingerprint density at radius 2 is 1.78 bits per heavy atom. The monoisotopic (exact) mass is 259 g/mol. The van der Waals surface area contributed by atoms with Crippen molar-refractivity contribution in [3.8, 4) is 0 Å². The van der Waals surface area contributed by atoms with E-state index in [0.717, 1.165) is 45.3 Å². The van der Waals surface area contributed by atoms with E-state index >= 15 is 0 Å². The van der Waals surface area contributed by atoms with Gasteiger partial charge in [-0.15, -0.1) is 0 Å². The molecule has 0 saturated carbocycles. The molecule has 0 aromatic rings. The van der Waals surface area contributed by atoms with Crippen LogP contribution < -0.4 is 5.73 Å². The number of hydrogen-bond donors (Lipinski definition) is 2. The molecule has 0 heterocycles. The summed E-state index contributed by atoms with van der Waals surface area (Å²) in [6.07, 6.45) is 4.42. The first-order valence-corrected chi connectivity index (χ1v) is 6.85. The van der Waals surface area contributed by atoms with Crippen LogP contribution in [-0.4, -0.2) is 67.7 Å². The third kappa shape index (κ3) is 9.39. The highest BCUT2D eigenvalue weighted by Gasteiger charge is 2.09. The fraction of sp³-hybridized carbons (Fsp3) is 0.923. The largest absolute Gasteiger partial charge is 0.396 e. The van der Waals surface area contributed by atoms with Gasteiger partial charge in [-0.05, 0) is 45.8 Å². The van der Waals surface area contributed by atoms with Gasteiger partial charge in [-0.1, -0.05) is 0 Å². The molecule has 0 atom stereocenters. The van der Waals surface area contributed by atoms with Gasteiger partial charge in [0.1, 0.15) is 0 Å². The molecule has 0 unspecified atom stereocenters. The number of carbonyl (C=O) groups excluding carboxylic acids is 1. The van der Waals surface area contributed by atoms with Gasteiger partial charge in [-0.25, -0.2) is 0 Å². The number of unbranched alkanes of at least 4 members (excludes halogenated alkanes) is 2. The molecule has 108 valence electrons. The van der Waals surface area contributed by atoms with Gasteiger partial charge >= 0.3 is 0 Å². The van der Waals surface area contributed by atoms with E-state index in [-0.39, 0.29) is 12.5 Å². The van der Waals surface area contributed by atoms with E-state index in [1.165, 1.54) is 0 Å². The predicted molar refractivity (Wildman–Crippen MR) is 74.4 cm³/mol. The fourth-order valence-electron chi connectivity index (χ4n) is 1.71. The lowest BCUT2D eigenvalue weighted by Gasteiger charge is -2.20. The Morgan fingerprint density at radius 3 is 2.39 bits per heavy atom. The number of nitrogens with zero attached hydrogens (tertiary/aromatic N) is 2. The van der Waals surface area contributed by atoms with Crippen LogP contribution in [-0.2, 0) is 4.79 Å². The lowest BCUT2D eigenvalue weighted by molar-refractivity contribution is -0.130. The van der Waals surface area contributed by atoms with Crippen LogP contribution >= 0.6 is 0 Å². The molecule has 0 spiro atoms. The molecule has 18 heavy (non-hydrogen) atoms. The molecule has 0 aromatic carbocycles. The molecular weight excluding hydrogens is 230 g/mol. The third-order valence-electron chi connectivity index (χ3n) is 3.03. The highest BCUT2D eigenvalue weighted by molar-refractivity contribution is 5.76. The average Bonchev–Trinajstić information content (AvgIpc) is 2.38. The number of hydrogen-bond acceptors (Lipinski definition) is 4. The second-order valence-corrected chi connectivity index (χ2v) is 4.80. The molecule has 0 aliphatic heterocycles. The van der Waals surface area contributed by atoms with E-state index in [2.05, 4.69) is 4.90 Å². The Balaban J connectivity index is 3.57. The zero-order valence-corrected chi connectivity index (χ0v) is 11.9. The van der Waals surface area contributed by atoms with Crippen molar-refractivity contribution < 1.29 is 9.90 Å². The molecule has 0 rings (SSSR count). The van der Waals surface area contributed by atoms with E-state index in [1.807, 2.05) is 14.1 Å². The molecule has 0 bridgehead atoms. The molecule has 5 heteroatoms. The van der Waals surface area contributed by atoms with E-state index in [0.29, 0.717) is 13.0 Å². The minimum Gasteiger partial charge on any atom is -0.396 e. The van der Waals surface area contributed by atoms with Crippen molar-refractivity contribution >= 4 is 5.91 Å². The number of aliphatic hydroxyl groups excluding tert-OH is 1. The molecule has 0 aromatic heterocycles. The first-order valence-electron chi connectivity index (χ1n) is 6.85.